The molecule has 0 spiro atoms. The molecule has 1 aromatic rings. The maximum absolute atomic E-state index is 13.5. The monoisotopic (exact) mass is 292 g/mol. The van der Waals surface area contributed by atoms with E-state index in [1.54, 1.807) is 17.0 Å². The van der Waals surface area contributed by atoms with Crippen LogP contribution in [0.3, 0.4) is 0 Å². The smallest absolute Gasteiger partial charge is 0.243 e. The zero-order valence-corrected chi connectivity index (χ0v) is 12.4. The van der Waals surface area contributed by atoms with Gasteiger partial charge in [-0.05, 0) is 23.3 Å². The van der Waals surface area contributed by atoms with Gasteiger partial charge in [0, 0.05) is 31.3 Å². The minimum atomic E-state index is -0.937. The maximum atomic E-state index is 13.5. The maximum Gasteiger partial charge on any atom is 0.243 e. The number of nitrogens with zero attached hydrogens (tertiary/aromatic N) is 1. The van der Waals surface area contributed by atoms with Gasteiger partial charge < -0.3 is 15.7 Å². The average molecular weight is 292 g/mol. The van der Waals surface area contributed by atoms with Gasteiger partial charge in [-0.25, -0.2) is 4.39 Å². The summed E-state index contributed by atoms with van der Waals surface area (Å²) in [5.41, 5.74) is 6.75. The van der Waals surface area contributed by atoms with Crippen LogP contribution in [0.25, 0.3) is 0 Å². The first-order valence-electron chi connectivity index (χ1n) is 7.26. The van der Waals surface area contributed by atoms with E-state index in [0.717, 1.165) is 11.1 Å². The first-order chi connectivity index (χ1) is 9.71. The molecule has 114 valence electrons. The zero-order valence-electron chi connectivity index (χ0n) is 12.4. The number of halogens is 1. The molecule has 4 nitrogen and oxygen atoms in total. The Morgan fingerprint density at radius 2 is 2.10 bits per heavy atom. The lowest BCUT2D eigenvalue weighted by molar-refractivity contribution is -0.147. The third-order valence-corrected chi connectivity index (χ3v) is 4.66. The standard InChI is InChI=1S/C16H21FN2O2/c1-15(2)9-19(14(21)16(18)6-12(20)7-16)8-10-3-4-11(17)5-13(10)15/h3-5,12,20H,6-9,18H2,1-2H3. The van der Waals surface area contributed by atoms with Gasteiger partial charge in [0.15, 0.2) is 0 Å². The second-order valence-electron chi connectivity index (χ2n) is 7.06. The second-order valence-corrected chi connectivity index (χ2v) is 7.06. The molecular weight excluding hydrogens is 271 g/mol. The first kappa shape index (κ1) is 14.5. The fraction of sp³-hybridized carbons (Fsp3) is 0.562. The van der Waals surface area contributed by atoms with E-state index >= 15 is 0 Å². The van der Waals surface area contributed by atoms with Crippen LogP contribution in [-0.4, -0.2) is 34.1 Å². The highest BCUT2D eigenvalue weighted by atomic mass is 19.1. The summed E-state index contributed by atoms with van der Waals surface area (Å²) in [5.74, 6) is -0.366. The van der Waals surface area contributed by atoms with Gasteiger partial charge in [0.2, 0.25) is 5.91 Å². The van der Waals surface area contributed by atoms with Gasteiger partial charge in [0.1, 0.15) is 11.4 Å². The molecule has 0 radical (unpaired) electrons. The molecule has 0 aromatic heterocycles. The number of aliphatic hydroxyl groups excluding tert-OH is 1. The second kappa shape index (κ2) is 4.52. The van der Waals surface area contributed by atoms with Crippen LogP contribution in [0.1, 0.15) is 37.8 Å². The van der Waals surface area contributed by atoms with Crippen LogP contribution in [0.5, 0.6) is 0 Å². The Kier molecular flexibility index (Phi) is 3.11. The summed E-state index contributed by atoms with van der Waals surface area (Å²) in [7, 11) is 0. The van der Waals surface area contributed by atoms with Crippen LogP contribution in [0.15, 0.2) is 18.2 Å². The highest BCUT2D eigenvalue weighted by Gasteiger charge is 2.49. The van der Waals surface area contributed by atoms with Gasteiger partial charge in [-0.3, -0.25) is 4.79 Å². The van der Waals surface area contributed by atoms with E-state index in [1.165, 1.54) is 6.07 Å². The van der Waals surface area contributed by atoms with Crippen LogP contribution in [-0.2, 0) is 16.8 Å². The minimum Gasteiger partial charge on any atom is -0.393 e. The lowest BCUT2D eigenvalue weighted by Gasteiger charge is -2.47. The van der Waals surface area contributed by atoms with E-state index in [0.29, 0.717) is 25.9 Å². The number of carbonyl (C=O) groups is 1. The normalized spacial score (nSPS) is 30.5. The Hall–Kier alpha value is -1.46. The van der Waals surface area contributed by atoms with Crippen molar-refractivity contribution >= 4 is 5.91 Å². The fourth-order valence-electron chi connectivity index (χ4n) is 3.55. The number of carbonyl (C=O) groups excluding carboxylic acids is 1. The number of benzene rings is 1. The number of rotatable bonds is 1. The van der Waals surface area contributed by atoms with E-state index in [4.69, 9.17) is 5.73 Å². The molecule has 1 aliphatic carbocycles. The largest absolute Gasteiger partial charge is 0.393 e. The molecule has 1 amide bonds. The lowest BCUT2D eigenvalue weighted by Crippen LogP contribution is -2.65. The molecule has 21 heavy (non-hydrogen) atoms. The number of hydrogen-bond acceptors (Lipinski definition) is 3. The molecule has 1 saturated carbocycles. The number of aliphatic hydroxyl groups is 1. The van der Waals surface area contributed by atoms with Gasteiger partial charge in [0.25, 0.3) is 0 Å². The van der Waals surface area contributed by atoms with E-state index in [-0.39, 0.29) is 17.1 Å². The van der Waals surface area contributed by atoms with E-state index in [2.05, 4.69) is 0 Å². The van der Waals surface area contributed by atoms with Crippen LogP contribution < -0.4 is 5.73 Å². The molecule has 2 aliphatic rings. The summed E-state index contributed by atoms with van der Waals surface area (Å²) in [6.45, 7) is 4.97. The van der Waals surface area contributed by atoms with Crippen LogP contribution in [0.4, 0.5) is 4.39 Å². The average Bonchev–Trinajstić information content (AvgIpc) is 2.36. The fourth-order valence-corrected chi connectivity index (χ4v) is 3.55. The molecule has 5 heteroatoms. The van der Waals surface area contributed by atoms with Crippen molar-refractivity contribution in [2.45, 2.75) is 50.3 Å². The molecular formula is C16H21FN2O2. The van der Waals surface area contributed by atoms with Gasteiger partial charge in [0.05, 0.1) is 6.10 Å². The van der Waals surface area contributed by atoms with Crippen LogP contribution >= 0.6 is 0 Å². The predicted octanol–water partition coefficient (Wildman–Crippen LogP) is 1.30. The van der Waals surface area contributed by atoms with Crippen LogP contribution in [0, 0.1) is 5.82 Å². The predicted molar refractivity (Wildman–Crippen MR) is 77.0 cm³/mol. The highest BCUT2D eigenvalue weighted by Crippen LogP contribution is 2.37. The van der Waals surface area contributed by atoms with Gasteiger partial charge >= 0.3 is 0 Å². The zero-order chi connectivity index (χ0) is 15.4. The van der Waals surface area contributed by atoms with Crippen molar-refractivity contribution in [3.05, 3.63) is 35.1 Å². The third-order valence-electron chi connectivity index (χ3n) is 4.66. The molecule has 1 aliphatic heterocycles. The van der Waals surface area contributed by atoms with Crippen molar-refractivity contribution in [3.63, 3.8) is 0 Å². The number of amides is 1. The Morgan fingerprint density at radius 1 is 1.43 bits per heavy atom. The topological polar surface area (TPSA) is 66.6 Å². The van der Waals surface area contributed by atoms with E-state index in [1.807, 2.05) is 13.8 Å². The molecule has 0 atom stereocenters. The lowest BCUT2D eigenvalue weighted by atomic mass is 9.72. The summed E-state index contributed by atoms with van der Waals surface area (Å²) < 4.78 is 13.5. The molecule has 1 fully saturated rings. The van der Waals surface area contributed by atoms with Crippen molar-refractivity contribution in [3.8, 4) is 0 Å². The molecule has 3 rings (SSSR count). The summed E-state index contributed by atoms with van der Waals surface area (Å²) in [6, 6.07) is 4.72. The molecule has 0 bridgehead atoms. The molecule has 1 heterocycles. The quantitative estimate of drug-likeness (QED) is 0.820. The van der Waals surface area contributed by atoms with Gasteiger partial charge in [-0.2, -0.15) is 0 Å². The summed E-state index contributed by atoms with van der Waals surface area (Å²) in [5, 5.41) is 9.43. The third kappa shape index (κ3) is 2.34. The van der Waals surface area contributed by atoms with Crippen molar-refractivity contribution in [1.29, 1.82) is 0 Å². The summed E-state index contributed by atoms with van der Waals surface area (Å²) in [6.07, 6.45) is 0.163. The van der Waals surface area contributed by atoms with Crippen molar-refractivity contribution in [1.82, 2.24) is 4.90 Å². The Balaban J connectivity index is 1.88. The van der Waals surface area contributed by atoms with Crippen molar-refractivity contribution in [2.75, 3.05) is 6.54 Å². The molecule has 0 saturated heterocycles. The first-order valence-corrected chi connectivity index (χ1v) is 7.26. The van der Waals surface area contributed by atoms with Crippen LogP contribution in [0.2, 0.25) is 0 Å². The summed E-state index contributed by atoms with van der Waals surface area (Å²) >= 11 is 0. The number of fused-ring (bicyclic) bond motifs is 1. The Labute approximate surface area is 123 Å². The number of hydrogen-bond donors (Lipinski definition) is 2. The molecule has 3 N–H and O–H groups in total. The molecule has 0 unspecified atom stereocenters. The highest BCUT2D eigenvalue weighted by molar-refractivity contribution is 5.87. The van der Waals surface area contributed by atoms with Gasteiger partial charge in [-0.1, -0.05) is 19.9 Å². The Bertz CT molecular complexity index is 594. The summed E-state index contributed by atoms with van der Waals surface area (Å²) in [4.78, 5) is 14.4. The number of nitrogens with two attached hydrogens (primary N) is 1. The van der Waals surface area contributed by atoms with E-state index in [9.17, 15) is 14.3 Å². The van der Waals surface area contributed by atoms with Gasteiger partial charge in [-0.15, -0.1) is 0 Å². The van der Waals surface area contributed by atoms with Crippen molar-refractivity contribution < 1.29 is 14.3 Å². The minimum absolute atomic E-state index is 0.115. The van der Waals surface area contributed by atoms with Crippen molar-refractivity contribution in [2.24, 2.45) is 5.73 Å². The molecule has 1 aromatic carbocycles. The SMILES string of the molecule is CC1(C)CN(C(=O)C2(N)CC(O)C2)Cc2ccc(F)cc21. The van der Waals surface area contributed by atoms with E-state index < -0.39 is 11.6 Å². The Morgan fingerprint density at radius 3 is 2.71 bits per heavy atom.